The molecular weight excluding hydrogens is 440 g/mol. The number of fused-ring (bicyclic) bond motifs is 1. The summed E-state index contributed by atoms with van der Waals surface area (Å²) in [7, 11) is 2.17. The molecule has 0 unspecified atom stereocenters. The van der Waals surface area contributed by atoms with Crippen LogP contribution in [0.5, 0.6) is 0 Å². The molecule has 0 spiro atoms. The van der Waals surface area contributed by atoms with E-state index in [1.54, 1.807) is 6.20 Å². The fraction of sp³-hybridized carbons (Fsp3) is 0.500. The summed E-state index contributed by atoms with van der Waals surface area (Å²) in [5.74, 6) is 1.21. The second-order valence-electron chi connectivity index (χ2n) is 9.99. The van der Waals surface area contributed by atoms with Crippen molar-refractivity contribution in [3.63, 3.8) is 0 Å². The van der Waals surface area contributed by atoms with E-state index in [1.165, 1.54) is 5.69 Å². The number of likely N-dealkylation sites (N-methyl/N-ethyl adjacent to an activating group) is 1. The van der Waals surface area contributed by atoms with Gasteiger partial charge in [0.25, 0.3) is 0 Å². The van der Waals surface area contributed by atoms with Gasteiger partial charge in [0.1, 0.15) is 11.5 Å². The third-order valence-electron chi connectivity index (χ3n) is 7.28. The molecule has 1 aromatic carbocycles. The summed E-state index contributed by atoms with van der Waals surface area (Å²) < 4.78 is 0. The number of hydrogen-bond acceptors (Lipinski definition) is 8. The molecule has 0 bridgehead atoms. The Labute approximate surface area is 206 Å². The van der Waals surface area contributed by atoms with Crippen molar-refractivity contribution in [2.24, 2.45) is 0 Å². The van der Waals surface area contributed by atoms with Gasteiger partial charge in [0, 0.05) is 74.5 Å². The Hall–Kier alpha value is -3.17. The molecule has 186 valence electrons. The SMILES string of the molecule is CC(C)N1CCC(Nc2nc(Nc3ccc(N4CCN(C)CC4)cc3)nc3[nH]cc(C=O)c23)CC1. The fourth-order valence-corrected chi connectivity index (χ4v) is 5.01. The lowest BCUT2D eigenvalue weighted by atomic mass is 10.0. The zero-order valence-electron chi connectivity index (χ0n) is 20.9. The van der Waals surface area contributed by atoms with Crippen molar-refractivity contribution in [1.82, 2.24) is 24.8 Å². The molecule has 2 aliphatic heterocycles. The Balaban J connectivity index is 1.34. The Morgan fingerprint density at radius 3 is 2.40 bits per heavy atom. The lowest BCUT2D eigenvalue weighted by molar-refractivity contribution is 0.112. The van der Waals surface area contributed by atoms with E-state index in [4.69, 9.17) is 4.98 Å². The fourth-order valence-electron chi connectivity index (χ4n) is 5.01. The summed E-state index contributed by atoms with van der Waals surface area (Å²) in [5, 5.41) is 7.73. The maximum Gasteiger partial charge on any atom is 0.231 e. The van der Waals surface area contributed by atoms with Crippen LogP contribution in [-0.4, -0.2) is 89.4 Å². The number of piperazine rings is 1. The number of aromatic nitrogens is 3. The van der Waals surface area contributed by atoms with Crippen molar-refractivity contribution in [2.75, 3.05) is 61.8 Å². The summed E-state index contributed by atoms with van der Waals surface area (Å²) in [6, 6.07) is 9.31. The molecule has 3 aromatic rings. The van der Waals surface area contributed by atoms with Gasteiger partial charge in [0.15, 0.2) is 6.29 Å². The minimum atomic E-state index is 0.313. The molecule has 0 radical (unpaired) electrons. The number of nitrogens with one attached hydrogen (secondary N) is 3. The van der Waals surface area contributed by atoms with Gasteiger partial charge in [-0.1, -0.05) is 0 Å². The van der Waals surface area contributed by atoms with Gasteiger partial charge in [-0.25, -0.2) is 0 Å². The predicted molar refractivity (Wildman–Crippen MR) is 142 cm³/mol. The predicted octanol–water partition coefficient (Wildman–Crippen LogP) is 3.55. The van der Waals surface area contributed by atoms with E-state index in [1.807, 2.05) is 0 Å². The van der Waals surface area contributed by atoms with Crippen molar-refractivity contribution in [3.8, 4) is 0 Å². The first-order valence-electron chi connectivity index (χ1n) is 12.7. The highest BCUT2D eigenvalue weighted by molar-refractivity contribution is 6.02. The van der Waals surface area contributed by atoms with Crippen LogP contribution in [-0.2, 0) is 0 Å². The first kappa shape index (κ1) is 23.6. The van der Waals surface area contributed by atoms with Gasteiger partial charge in [-0.05, 0) is 58.0 Å². The van der Waals surface area contributed by atoms with Crippen LogP contribution < -0.4 is 15.5 Å². The molecule has 35 heavy (non-hydrogen) atoms. The number of hydrogen-bond donors (Lipinski definition) is 3. The van der Waals surface area contributed by atoms with Gasteiger partial charge >= 0.3 is 0 Å². The summed E-state index contributed by atoms with van der Waals surface area (Å²) in [6.07, 6.45) is 4.65. The molecule has 2 saturated heterocycles. The van der Waals surface area contributed by atoms with Crippen molar-refractivity contribution in [1.29, 1.82) is 0 Å². The number of carbonyl (C=O) groups excluding carboxylic acids is 1. The highest BCUT2D eigenvalue weighted by Gasteiger charge is 2.23. The number of carbonyl (C=O) groups is 1. The van der Waals surface area contributed by atoms with E-state index in [0.717, 1.165) is 69.5 Å². The van der Waals surface area contributed by atoms with Crippen LogP contribution in [0, 0.1) is 0 Å². The van der Waals surface area contributed by atoms with E-state index < -0.39 is 0 Å². The van der Waals surface area contributed by atoms with Crippen LogP contribution in [0.4, 0.5) is 23.1 Å². The number of benzene rings is 1. The average Bonchev–Trinajstić information content (AvgIpc) is 3.29. The number of aldehydes is 1. The largest absolute Gasteiger partial charge is 0.369 e. The zero-order chi connectivity index (χ0) is 24.4. The first-order valence-corrected chi connectivity index (χ1v) is 12.7. The Kier molecular flexibility index (Phi) is 6.88. The number of piperidine rings is 1. The van der Waals surface area contributed by atoms with Gasteiger partial charge in [0.2, 0.25) is 5.95 Å². The summed E-state index contributed by atoms with van der Waals surface area (Å²) in [6.45, 7) is 10.9. The Bertz CT molecular complexity index is 1140. The van der Waals surface area contributed by atoms with Crippen LogP contribution in [0.3, 0.4) is 0 Å². The van der Waals surface area contributed by atoms with E-state index in [-0.39, 0.29) is 0 Å². The van der Waals surface area contributed by atoms with Crippen molar-refractivity contribution < 1.29 is 4.79 Å². The molecular formula is C26H36N8O. The molecule has 0 atom stereocenters. The molecule has 3 N–H and O–H groups in total. The third kappa shape index (κ3) is 5.26. The molecule has 5 rings (SSSR count). The molecule has 4 heterocycles. The molecule has 0 saturated carbocycles. The number of rotatable bonds is 7. The molecule has 2 aliphatic rings. The number of H-pyrrole nitrogens is 1. The normalized spacial score (nSPS) is 18.3. The van der Waals surface area contributed by atoms with Crippen molar-refractivity contribution >= 4 is 40.5 Å². The standard InChI is InChI=1S/C26H36N8O/c1-18(2)33-10-8-21(9-11-33)28-25-23-19(17-35)16-27-24(23)30-26(31-25)29-20-4-6-22(7-5-20)34-14-12-32(3)13-15-34/h4-7,16-18,21H,8-15H2,1-3H3,(H3,27,28,29,30,31). The first-order chi connectivity index (χ1) is 17.0. The second kappa shape index (κ2) is 10.2. The minimum Gasteiger partial charge on any atom is -0.369 e. The zero-order valence-corrected chi connectivity index (χ0v) is 20.9. The van der Waals surface area contributed by atoms with Gasteiger partial charge in [-0.2, -0.15) is 9.97 Å². The van der Waals surface area contributed by atoms with E-state index in [0.29, 0.717) is 35.1 Å². The molecule has 9 heteroatoms. The van der Waals surface area contributed by atoms with Crippen LogP contribution >= 0.6 is 0 Å². The monoisotopic (exact) mass is 476 g/mol. The maximum absolute atomic E-state index is 11.7. The number of nitrogens with zero attached hydrogens (tertiary/aromatic N) is 5. The molecule has 2 fully saturated rings. The van der Waals surface area contributed by atoms with Gasteiger partial charge in [-0.3, -0.25) is 4.79 Å². The van der Waals surface area contributed by atoms with E-state index in [2.05, 4.69) is 80.5 Å². The second-order valence-corrected chi connectivity index (χ2v) is 9.99. The lowest BCUT2D eigenvalue weighted by Gasteiger charge is -2.35. The summed E-state index contributed by atoms with van der Waals surface area (Å²) >= 11 is 0. The van der Waals surface area contributed by atoms with Crippen molar-refractivity contribution in [3.05, 3.63) is 36.0 Å². The topological polar surface area (TPSA) is 92.4 Å². The summed E-state index contributed by atoms with van der Waals surface area (Å²) in [5.41, 5.74) is 3.39. The van der Waals surface area contributed by atoms with Crippen molar-refractivity contribution in [2.45, 2.75) is 38.8 Å². The Morgan fingerprint density at radius 1 is 1.03 bits per heavy atom. The minimum absolute atomic E-state index is 0.313. The van der Waals surface area contributed by atoms with E-state index >= 15 is 0 Å². The van der Waals surface area contributed by atoms with Crippen LogP contribution in [0.15, 0.2) is 30.5 Å². The van der Waals surface area contributed by atoms with Gasteiger partial charge in [0.05, 0.1) is 5.39 Å². The van der Waals surface area contributed by atoms with Gasteiger partial charge in [-0.15, -0.1) is 0 Å². The highest BCUT2D eigenvalue weighted by atomic mass is 16.1. The average molecular weight is 477 g/mol. The highest BCUT2D eigenvalue weighted by Crippen LogP contribution is 2.29. The number of aromatic amines is 1. The molecule has 2 aromatic heterocycles. The maximum atomic E-state index is 11.7. The van der Waals surface area contributed by atoms with Crippen LogP contribution in [0.2, 0.25) is 0 Å². The third-order valence-corrected chi connectivity index (χ3v) is 7.28. The van der Waals surface area contributed by atoms with Crippen LogP contribution in [0.1, 0.15) is 37.0 Å². The van der Waals surface area contributed by atoms with Crippen LogP contribution in [0.25, 0.3) is 11.0 Å². The van der Waals surface area contributed by atoms with Gasteiger partial charge < -0.3 is 30.3 Å². The number of anilines is 4. The smallest absolute Gasteiger partial charge is 0.231 e. The molecule has 9 nitrogen and oxygen atoms in total. The lowest BCUT2D eigenvalue weighted by Crippen LogP contribution is -2.44. The summed E-state index contributed by atoms with van der Waals surface area (Å²) in [4.78, 5) is 31.5. The molecule has 0 amide bonds. The number of likely N-dealkylation sites (tertiary alicyclic amines) is 1. The van der Waals surface area contributed by atoms with E-state index in [9.17, 15) is 4.79 Å². The Morgan fingerprint density at radius 2 is 1.74 bits per heavy atom. The molecule has 0 aliphatic carbocycles. The quantitative estimate of drug-likeness (QED) is 0.446.